The quantitative estimate of drug-likeness (QED) is 0.185. The van der Waals surface area contributed by atoms with Crippen LogP contribution in [0.4, 0.5) is 15.2 Å². The van der Waals surface area contributed by atoms with Gasteiger partial charge >= 0.3 is 5.97 Å². The topological polar surface area (TPSA) is 110 Å². The van der Waals surface area contributed by atoms with Gasteiger partial charge in [0.25, 0.3) is 11.8 Å². The number of hydrogen-bond donors (Lipinski definition) is 0. The van der Waals surface area contributed by atoms with E-state index in [1.165, 1.54) is 17.0 Å². The maximum atomic E-state index is 15.0. The van der Waals surface area contributed by atoms with E-state index in [4.69, 9.17) is 9.15 Å². The van der Waals surface area contributed by atoms with Gasteiger partial charge in [-0.2, -0.15) is 0 Å². The number of hydrogen-bond acceptors (Lipinski definition) is 8. The molecule has 218 valence electrons. The minimum absolute atomic E-state index is 0.0104. The first-order chi connectivity index (χ1) is 21.3. The van der Waals surface area contributed by atoms with E-state index in [0.717, 1.165) is 16.2 Å². The van der Waals surface area contributed by atoms with Gasteiger partial charge < -0.3 is 14.1 Å². The Morgan fingerprint density at radius 2 is 1.80 bits per heavy atom. The highest BCUT2D eigenvalue weighted by atomic mass is 32.1. The number of carbonyl (C=O) groups is 3. The standard InChI is InChI=1S/C33H22FN3O6S/c1-3-16-42-30(40)28-18(2)35-32(44-28)37-29(39)27-25(26(38)20-11-5-9-15-24(20)43-27)33(37)21-12-6-8-14-23(21)36(31(33)41)17-19-10-4-7-13-22(19)34/h3-15H,1,16-17H2,2H3. The van der Waals surface area contributed by atoms with E-state index in [2.05, 4.69) is 11.6 Å². The summed E-state index contributed by atoms with van der Waals surface area (Å²) in [4.78, 5) is 63.6. The van der Waals surface area contributed by atoms with Gasteiger partial charge in [0.15, 0.2) is 16.1 Å². The molecule has 0 saturated carbocycles. The number of esters is 1. The molecular formula is C33H22FN3O6S. The average molecular weight is 608 g/mol. The number of rotatable bonds is 6. The molecule has 1 atom stereocenters. The number of thiazole rings is 1. The first-order valence-electron chi connectivity index (χ1n) is 13.6. The molecular weight excluding hydrogens is 585 g/mol. The zero-order valence-corrected chi connectivity index (χ0v) is 24.0. The van der Waals surface area contributed by atoms with Gasteiger partial charge in [0.2, 0.25) is 5.76 Å². The fourth-order valence-corrected chi connectivity index (χ4v) is 6.94. The molecule has 0 N–H and O–H groups in total. The molecule has 2 aromatic heterocycles. The Balaban J connectivity index is 1.52. The lowest BCUT2D eigenvalue weighted by atomic mass is 9.84. The number of ether oxygens (including phenoxy) is 1. The van der Waals surface area contributed by atoms with Crippen LogP contribution >= 0.6 is 11.3 Å². The molecule has 5 aromatic rings. The number of fused-ring (bicyclic) bond motifs is 5. The van der Waals surface area contributed by atoms with Crippen molar-refractivity contribution in [2.75, 3.05) is 16.4 Å². The molecule has 2 aliphatic rings. The van der Waals surface area contributed by atoms with Crippen LogP contribution in [0.2, 0.25) is 0 Å². The van der Waals surface area contributed by atoms with Gasteiger partial charge in [-0.05, 0) is 31.2 Å². The third-order valence-corrected chi connectivity index (χ3v) is 8.93. The molecule has 2 aliphatic heterocycles. The zero-order valence-electron chi connectivity index (χ0n) is 23.2. The summed E-state index contributed by atoms with van der Waals surface area (Å²) in [6.07, 6.45) is 1.42. The second kappa shape index (κ2) is 10.1. The van der Waals surface area contributed by atoms with Crippen molar-refractivity contribution < 1.29 is 27.9 Å². The van der Waals surface area contributed by atoms with Crippen molar-refractivity contribution in [1.82, 2.24) is 4.98 Å². The van der Waals surface area contributed by atoms with E-state index < -0.39 is 34.6 Å². The Morgan fingerprint density at radius 1 is 1.07 bits per heavy atom. The molecule has 4 heterocycles. The monoisotopic (exact) mass is 607 g/mol. The Hall–Kier alpha value is -5.42. The first kappa shape index (κ1) is 27.4. The van der Waals surface area contributed by atoms with Gasteiger partial charge in [0.1, 0.15) is 22.9 Å². The lowest BCUT2D eigenvalue weighted by Gasteiger charge is -2.32. The number of aromatic nitrogens is 1. The summed E-state index contributed by atoms with van der Waals surface area (Å²) in [5.74, 6) is -2.95. The molecule has 0 aliphatic carbocycles. The van der Waals surface area contributed by atoms with E-state index >= 15 is 0 Å². The van der Waals surface area contributed by atoms with E-state index in [-0.39, 0.29) is 56.7 Å². The van der Waals surface area contributed by atoms with E-state index in [1.54, 1.807) is 73.7 Å². The molecule has 0 radical (unpaired) electrons. The fourth-order valence-electron chi connectivity index (χ4n) is 5.93. The van der Waals surface area contributed by atoms with E-state index in [0.29, 0.717) is 11.3 Å². The van der Waals surface area contributed by atoms with Crippen LogP contribution in [0.1, 0.15) is 42.6 Å². The molecule has 3 aromatic carbocycles. The maximum Gasteiger partial charge on any atom is 0.350 e. The average Bonchev–Trinajstić information content (AvgIpc) is 3.62. The van der Waals surface area contributed by atoms with Crippen LogP contribution in [-0.4, -0.2) is 29.4 Å². The summed E-state index contributed by atoms with van der Waals surface area (Å²) in [6, 6.07) is 19.3. The number of halogens is 1. The summed E-state index contributed by atoms with van der Waals surface area (Å²) < 4.78 is 26.2. The highest BCUT2D eigenvalue weighted by Crippen LogP contribution is 2.55. The summed E-state index contributed by atoms with van der Waals surface area (Å²) in [5.41, 5.74) is -1.39. The highest BCUT2D eigenvalue weighted by molar-refractivity contribution is 7.17. The third kappa shape index (κ3) is 3.72. The highest BCUT2D eigenvalue weighted by Gasteiger charge is 2.66. The number of benzene rings is 3. The molecule has 11 heteroatoms. The van der Waals surface area contributed by atoms with Crippen molar-refractivity contribution >= 4 is 50.9 Å². The van der Waals surface area contributed by atoms with Crippen molar-refractivity contribution in [3.63, 3.8) is 0 Å². The number of carbonyl (C=O) groups excluding carboxylic acids is 3. The minimum Gasteiger partial charge on any atom is -0.457 e. The Morgan fingerprint density at radius 3 is 2.59 bits per heavy atom. The third-order valence-electron chi connectivity index (χ3n) is 7.81. The molecule has 9 nitrogen and oxygen atoms in total. The van der Waals surface area contributed by atoms with E-state index in [1.807, 2.05) is 0 Å². The maximum absolute atomic E-state index is 15.0. The van der Waals surface area contributed by atoms with Gasteiger partial charge in [-0.15, -0.1) is 0 Å². The van der Waals surface area contributed by atoms with Gasteiger partial charge in [-0.3, -0.25) is 19.3 Å². The van der Waals surface area contributed by atoms with Crippen molar-refractivity contribution in [3.8, 4) is 0 Å². The van der Waals surface area contributed by atoms with E-state index in [9.17, 15) is 23.6 Å². The van der Waals surface area contributed by atoms with Gasteiger partial charge in [-0.25, -0.2) is 14.2 Å². The van der Waals surface area contributed by atoms with Crippen molar-refractivity contribution in [2.45, 2.75) is 19.0 Å². The normalized spacial score (nSPS) is 17.0. The zero-order chi connectivity index (χ0) is 30.7. The van der Waals surface area contributed by atoms with Crippen LogP contribution < -0.4 is 15.2 Å². The number of para-hydroxylation sites is 2. The number of anilines is 2. The second-order valence-electron chi connectivity index (χ2n) is 10.3. The summed E-state index contributed by atoms with van der Waals surface area (Å²) >= 11 is 0.856. The second-order valence-corrected chi connectivity index (χ2v) is 11.3. The molecule has 1 unspecified atom stereocenters. The van der Waals surface area contributed by atoms with Crippen LogP contribution in [0.3, 0.4) is 0 Å². The first-order valence-corrected chi connectivity index (χ1v) is 14.4. The van der Waals surface area contributed by atoms with Gasteiger partial charge in [0, 0.05) is 11.1 Å². The Bertz CT molecular complexity index is 2120. The predicted octanol–water partition coefficient (Wildman–Crippen LogP) is 5.49. The number of amides is 2. The molecule has 0 fully saturated rings. The van der Waals surface area contributed by atoms with Gasteiger partial charge in [-0.1, -0.05) is 72.5 Å². The van der Waals surface area contributed by atoms with Gasteiger partial charge in [0.05, 0.1) is 28.9 Å². The van der Waals surface area contributed by atoms with Crippen LogP contribution in [0.25, 0.3) is 11.0 Å². The molecule has 1 spiro atoms. The van der Waals surface area contributed by atoms with Crippen LogP contribution in [0.5, 0.6) is 0 Å². The lowest BCUT2D eigenvalue weighted by molar-refractivity contribution is -0.121. The Labute approximate surface area is 253 Å². The minimum atomic E-state index is -2.05. The lowest BCUT2D eigenvalue weighted by Crippen LogP contribution is -2.53. The van der Waals surface area contributed by atoms with Crippen molar-refractivity contribution in [1.29, 1.82) is 0 Å². The summed E-state index contributed by atoms with van der Waals surface area (Å²) in [5, 5.41) is 0.172. The molecule has 7 rings (SSSR count). The predicted molar refractivity (Wildman–Crippen MR) is 161 cm³/mol. The fraction of sp³-hybridized carbons (Fsp3) is 0.121. The van der Waals surface area contributed by atoms with Crippen molar-refractivity contribution in [2.24, 2.45) is 0 Å². The summed E-state index contributed by atoms with van der Waals surface area (Å²) in [7, 11) is 0. The summed E-state index contributed by atoms with van der Waals surface area (Å²) in [6.45, 7) is 4.93. The largest absolute Gasteiger partial charge is 0.457 e. The molecule has 44 heavy (non-hydrogen) atoms. The van der Waals surface area contributed by atoms with Crippen LogP contribution in [-0.2, 0) is 21.6 Å². The number of aryl methyl sites for hydroxylation is 1. The van der Waals surface area contributed by atoms with Crippen LogP contribution in [0, 0.1) is 12.7 Å². The SMILES string of the molecule is C=CCOC(=O)c1sc(N2C(=O)c3oc4ccccc4c(=O)c3C23C(=O)N(Cc2ccccc2F)c2ccccc23)nc1C. The molecule has 2 amide bonds. The molecule has 0 bridgehead atoms. The smallest absolute Gasteiger partial charge is 0.350 e. The molecule has 0 saturated heterocycles. The van der Waals surface area contributed by atoms with Crippen molar-refractivity contribution in [3.05, 3.63) is 135 Å². The van der Waals surface area contributed by atoms with Crippen LogP contribution in [0.15, 0.2) is 94.7 Å². The Kier molecular flexibility index (Phi) is 6.29. The number of nitrogens with zero attached hydrogens (tertiary/aromatic N) is 3.